The molecule has 126 valence electrons. The number of nitrogens with zero attached hydrogens (tertiary/aromatic N) is 1. The summed E-state index contributed by atoms with van der Waals surface area (Å²) in [6, 6.07) is 5.52. The van der Waals surface area contributed by atoms with E-state index in [9.17, 15) is 17.6 Å². The summed E-state index contributed by atoms with van der Waals surface area (Å²) in [5.41, 5.74) is 0.693. The maximum Gasteiger partial charge on any atom is 0.387 e. The smallest absolute Gasteiger partial charge is 0.387 e. The summed E-state index contributed by atoms with van der Waals surface area (Å²) in [6.45, 7) is -0.00119. The highest BCUT2D eigenvalue weighted by atomic mass is 35.5. The van der Waals surface area contributed by atoms with Crippen LogP contribution in [0, 0.1) is 0 Å². The lowest BCUT2D eigenvalue weighted by Gasteiger charge is -2.35. The predicted molar refractivity (Wildman–Crippen MR) is 78.1 cm³/mol. The Balaban J connectivity index is 0.00000242. The van der Waals surface area contributed by atoms with Crippen LogP contribution in [0.1, 0.15) is 18.0 Å². The Morgan fingerprint density at radius 2 is 1.64 bits per heavy atom. The van der Waals surface area contributed by atoms with Gasteiger partial charge in [-0.25, -0.2) is 8.78 Å². The van der Waals surface area contributed by atoms with Gasteiger partial charge in [0, 0.05) is 38.6 Å². The number of rotatable bonds is 6. The summed E-state index contributed by atoms with van der Waals surface area (Å²) in [4.78, 5) is 1.99. The number of piperazine rings is 1. The van der Waals surface area contributed by atoms with E-state index in [0.29, 0.717) is 18.7 Å². The van der Waals surface area contributed by atoms with Crippen LogP contribution in [0.4, 0.5) is 17.6 Å². The van der Waals surface area contributed by atoms with Gasteiger partial charge < -0.3 is 10.1 Å². The molecule has 0 spiro atoms. The highest BCUT2D eigenvalue weighted by molar-refractivity contribution is 5.85. The molecule has 1 N–H and O–H groups in total. The molecule has 1 aliphatic heterocycles. The lowest BCUT2D eigenvalue weighted by Crippen LogP contribution is -2.45. The Kier molecular flexibility index (Phi) is 7.92. The van der Waals surface area contributed by atoms with E-state index in [4.69, 9.17) is 0 Å². The molecule has 1 aromatic rings. The third-order valence-electron chi connectivity index (χ3n) is 3.48. The van der Waals surface area contributed by atoms with E-state index in [0.717, 1.165) is 13.1 Å². The van der Waals surface area contributed by atoms with Crippen LogP contribution in [-0.2, 0) is 0 Å². The molecule has 1 saturated heterocycles. The van der Waals surface area contributed by atoms with Gasteiger partial charge in [0.25, 0.3) is 0 Å². The molecule has 0 saturated carbocycles. The van der Waals surface area contributed by atoms with Crippen LogP contribution in [0.3, 0.4) is 0 Å². The highest BCUT2D eigenvalue weighted by Crippen LogP contribution is 2.29. The van der Waals surface area contributed by atoms with Gasteiger partial charge in [-0.2, -0.15) is 8.78 Å². The van der Waals surface area contributed by atoms with Crippen molar-refractivity contribution in [1.82, 2.24) is 10.2 Å². The van der Waals surface area contributed by atoms with Crippen LogP contribution in [-0.4, -0.2) is 44.1 Å². The van der Waals surface area contributed by atoms with Crippen molar-refractivity contribution in [2.75, 3.05) is 26.2 Å². The van der Waals surface area contributed by atoms with E-state index in [2.05, 4.69) is 10.1 Å². The molecule has 8 heteroatoms. The van der Waals surface area contributed by atoms with Gasteiger partial charge in [0.15, 0.2) is 0 Å². The number of hydrogen-bond donors (Lipinski definition) is 1. The first kappa shape index (κ1) is 19.0. The van der Waals surface area contributed by atoms with Crippen LogP contribution in [0.15, 0.2) is 24.3 Å². The van der Waals surface area contributed by atoms with Gasteiger partial charge in [-0.05, 0) is 17.7 Å². The van der Waals surface area contributed by atoms with Crippen molar-refractivity contribution in [3.05, 3.63) is 29.8 Å². The maximum atomic E-state index is 12.8. The number of halogens is 5. The van der Waals surface area contributed by atoms with Crippen molar-refractivity contribution < 1.29 is 22.3 Å². The zero-order valence-corrected chi connectivity index (χ0v) is 12.7. The van der Waals surface area contributed by atoms with Gasteiger partial charge in [-0.15, -0.1) is 12.4 Å². The molecule has 1 atom stereocenters. The van der Waals surface area contributed by atoms with Crippen molar-refractivity contribution in [2.45, 2.75) is 25.5 Å². The predicted octanol–water partition coefficient (Wildman–Crippen LogP) is 3.31. The topological polar surface area (TPSA) is 24.5 Å². The summed E-state index contributed by atoms with van der Waals surface area (Å²) in [6.07, 6.45) is -2.68. The standard InChI is InChI=1S/C14H18F4N2O.ClH/c15-13(16)9-12(20-7-5-19-6-8-20)10-1-3-11(4-2-10)21-14(17)18;/h1-4,12-14,19H,5-9H2;1H/t12-;/m0./s1. The molecule has 1 heterocycles. The van der Waals surface area contributed by atoms with E-state index in [1.807, 2.05) is 4.90 Å². The quantitative estimate of drug-likeness (QED) is 0.803. The first-order chi connectivity index (χ1) is 10.1. The second-order valence-corrected chi connectivity index (χ2v) is 4.88. The summed E-state index contributed by atoms with van der Waals surface area (Å²) in [5.74, 6) is 0.0323. The highest BCUT2D eigenvalue weighted by Gasteiger charge is 2.25. The molecule has 0 bridgehead atoms. The number of ether oxygens (including phenoxy) is 1. The number of alkyl halides is 4. The second kappa shape index (κ2) is 9.17. The van der Waals surface area contributed by atoms with Crippen molar-refractivity contribution in [1.29, 1.82) is 0 Å². The molecule has 3 nitrogen and oxygen atoms in total. The summed E-state index contributed by atoms with van der Waals surface area (Å²) < 4.78 is 54.1. The summed E-state index contributed by atoms with van der Waals surface area (Å²) in [5, 5.41) is 3.17. The molecule has 2 rings (SSSR count). The van der Waals surface area contributed by atoms with Gasteiger partial charge in [0.1, 0.15) is 5.75 Å². The Morgan fingerprint density at radius 1 is 1.05 bits per heavy atom. The Hall–Kier alpha value is -1.05. The monoisotopic (exact) mass is 342 g/mol. The lowest BCUT2D eigenvalue weighted by molar-refractivity contribution is -0.0498. The van der Waals surface area contributed by atoms with Gasteiger partial charge in [0.05, 0.1) is 0 Å². The molecule has 0 amide bonds. The first-order valence-electron chi connectivity index (χ1n) is 6.84. The van der Waals surface area contributed by atoms with Crippen molar-refractivity contribution in [3.63, 3.8) is 0 Å². The van der Waals surface area contributed by atoms with E-state index >= 15 is 0 Å². The van der Waals surface area contributed by atoms with Gasteiger partial charge in [0.2, 0.25) is 6.43 Å². The molecular formula is C14H19ClF4N2O. The lowest BCUT2D eigenvalue weighted by atomic mass is 10.0. The minimum Gasteiger partial charge on any atom is -0.435 e. The Morgan fingerprint density at radius 3 is 2.14 bits per heavy atom. The van der Waals surface area contributed by atoms with E-state index in [-0.39, 0.29) is 24.6 Å². The molecule has 0 unspecified atom stereocenters. The Labute approximate surface area is 133 Å². The van der Waals surface area contributed by atoms with Gasteiger partial charge in [-0.1, -0.05) is 12.1 Å². The molecule has 1 fully saturated rings. The zero-order chi connectivity index (χ0) is 15.2. The third kappa shape index (κ3) is 5.62. The first-order valence-corrected chi connectivity index (χ1v) is 6.84. The average molecular weight is 343 g/mol. The minimum absolute atomic E-state index is 0. The molecule has 0 aromatic heterocycles. The molecule has 22 heavy (non-hydrogen) atoms. The maximum absolute atomic E-state index is 12.8. The van der Waals surface area contributed by atoms with Crippen LogP contribution in [0.25, 0.3) is 0 Å². The molecule has 1 aromatic carbocycles. The molecule has 0 aliphatic carbocycles. The molecule has 1 aliphatic rings. The molecule has 0 radical (unpaired) electrons. The normalized spacial score (nSPS) is 17.4. The fraction of sp³-hybridized carbons (Fsp3) is 0.571. The van der Waals surface area contributed by atoms with Crippen LogP contribution < -0.4 is 10.1 Å². The number of nitrogens with one attached hydrogen (secondary N) is 1. The fourth-order valence-corrected chi connectivity index (χ4v) is 2.53. The van der Waals surface area contributed by atoms with Crippen LogP contribution in [0.2, 0.25) is 0 Å². The van der Waals surface area contributed by atoms with Gasteiger partial charge in [-0.3, -0.25) is 4.90 Å². The van der Waals surface area contributed by atoms with Gasteiger partial charge >= 0.3 is 6.61 Å². The van der Waals surface area contributed by atoms with Crippen LogP contribution in [0.5, 0.6) is 5.75 Å². The number of hydrogen-bond acceptors (Lipinski definition) is 3. The summed E-state index contributed by atoms with van der Waals surface area (Å²) in [7, 11) is 0. The third-order valence-corrected chi connectivity index (χ3v) is 3.48. The molecular weight excluding hydrogens is 324 g/mol. The van der Waals surface area contributed by atoms with E-state index < -0.39 is 19.1 Å². The second-order valence-electron chi connectivity index (χ2n) is 4.88. The van der Waals surface area contributed by atoms with Crippen LogP contribution >= 0.6 is 12.4 Å². The number of benzene rings is 1. The Bertz CT molecular complexity index is 427. The average Bonchev–Trinajstić information content (AvgIpc) is 2.46. The SMILES string of the molecule is Cl.FC(F)C[C@@H](c1ccc(OC(F)F)cc1)N1CCNCC1. The van der Waals surface area contributed by atoms with E-state index in [1.54, 1.807) is 12.1 Å². The minimum atomic E-state index is -2.89. The van der Waals surface area contributed by atoms with Crippen molar-refractivity contribution >= 4 is 12.4 Å². The zero-order valence-electron chi connectivity index (χ0n) is 11.9. The van der Waals surface area contributed by atoms with Crippen molar-refractivity contribution in [2.24, 2.45) is 0 Å². The van der Waals surface area contributed by atoms with Crippen molar-refractivity contribution in [3.8, 4) is 5.75 Å². The fourth-order valence-electron chi connectivity index (χ4n) is 2.53. The van der Waals surface area contributed by atoms with E-state index in [1.165, 1.54) is 12.1 Å². The summed E-state index contributed by atoms with van der Waals surface area (Å²) >= 11 is 0. The largest absolute Gasteiger partial charge is 0.435 e.